The molecule has 1 rings (SSSR count). The van der Waals surface area contributed by atoms with Crippen LogP contribution in [0.15, 0.2) is 0 Å². The third-order valence-electron chi connectivity index (χ3n) is 1.87. The molecular weight excluding hydrogens is 124 g/mol. The fourth-order valence-electron chi connectivity index (χ4n) is 1.19. The number of hydrogen-bond donors (Lipinski definition) is 2. The Labute approximate surface area is 64.0 Å². The van der Waals surface area contributed by atoms with Crippen molar-refractivity contribution in [2.45, 2.75) is 51.6 Å². The van der Waals surface area contributed by atoms with Gasteiger partial charge in [0, 0.05) is 12.1 Å². The zero-order chi connectivity index (χ0) is 7.98. The first-order chi connectivity index (χ1) is 4.80. The average molecular weight is 144 g/mol. The van der Waals surface area contributed by atoms with Crippen LogP contribution in [0.5, 0.6) is 0 Å². The minimum absolute atomic E-state index is 0.281. The van der Waals surface area contributed by atoms with Crippen LogP contribution in [0, 0.1) is 0 Å². The van der Waals surface area contributed by atoms with E-state index in [1.807, 2.05) is 13.8 Å². The van der Waals surface area contributed by atoms with Gasteiger partial charge in [-0.15, -0.1) is 0 Å². The maximum Gasteiger partial charge on any atom is 0.0192 e. The van der Waals surface area contributed by atoms with Gasteiger partial charge in [0.05, 0.1) is 0 Å². The van der Waals surface area contributed by atoms with Crippen molar-refractivity contribution >= 4 is 0 Å². The summed E-state index contributed by atoms with van der Waals surface area (Å²) in [5, 5.41) is 0. The van der Waals surface area contributed by atoms with Gasteiger partial charge in [0.1, 0.15) is 0 Å². The SMILES string of the molecule is CC.NC1CCCCC1N. The number of hydrogen-bond acceptors (Lipinski definition) is 2. The Morgan fingerprint density at radius 2 is 1.20 bits per heavy atom. The van der Waals surface area contributed by atoms with E-state index in [1.54, 1.807) is 0 Å². The molecule has 2 heteroatoms. The third kappa shape index (κ3) is 3.18. The van der Waals surface area contributed by atoms with Crippen LogP contribution in [-0.2, 0) is 0 Å². The van der Waals surface area contributed by atoms with Crippen LogP contribution < -0.4 is 11.5 Å². The predicted molar refractivity (Wildman–Crippen MR) is 45.8 cm³/mol. The van der Waals surface area contributed by atoms with Gasteiger partial charge in [-0.2, -0.15) is 0 Å². The first-order valence-corrected chi connectivity index (χ1v) is 4.32. The molecule has 0 amide bonds. The van der Waals surface area contributed by atoms with Gasteiger partial charge < -0.3 is 11.5 Å². The highest BCUT2D eigenvalue weighted by Crippen LogP contribution is 2.14. The molecule has 0 saturated heterocycles. The lowest BCUT2D eigenvalue weighted by molar-refractivity contribution is 0.385. The van der Waals surface area contributed by atoms with Gasteiger partial charge in [0.25, 0.3) is 0 Å². The Balaban J connectivity index is 0.000000371. The smallest absolute Gasteiger partial charge is 0.0192 e. The molecule has 0 bridgehead atoms. The summed E-state index contributed by atoms with van der Waals surface area (Å²) in [6.45, 7) is 4.00. The van der Waals surface area contributed by atoms with E-state index in [9.17, 15) is 0 Å². The van der Waals surface area contributed by atoms with Gasteiger partial charge >= 0.3 is 0 Å². The molecule has 62 valence electrons. The lowest BCUT2D eigenvalue weighted by atomic mass is 9.92. The van der Waals surface area contributed by atoms with Crippen LogP contribution in [0.3, 0.4) is 0 Å². The van der Waals surface area contributed by atoms with Crippen molar-refractivity contribution in [3.8, 4) is 0 Å². The molecule has 0 heterocycles. The van der Waals surface area contributed by atoms with Gasteiger partial charge in [-0.25, -0.2) is 0 Å². The first-order valence-electron chi connectivity index (χ1n) is 4.32. The Hall–Kier alpha value is -0.0800. The van der Waals surface area contributed by atoms with Gasteiger partial charge in [-0.05, 0) is 12.8 Å². The minimum atomic E-state index is 0.281. The van der Waals surface area contributed by atoms with Crippen LogP contribution in [-0.4, -0.2) is 12.1 Å². The van der Waals surface area contributed by atoms with E-state index in [0.29, 0.717) is 0 Å². The van der Waals surface area contributed by atoms with Crippen molar-refractivity contribution in [2.24, 2.45) is 11.5 Å². The molecule has 1 aliphatic rings. The van der Waals surface area contributed by atoms with Crippen molar-refractivity contribution in [1.82, 2.24) is 0 Å². The molecule has 2 atom stereocenters. The maximum absolute atomic E-state index is 5.65. The summed E-state index contributed by atoms with van der Waals surface area (Å²) in [5.41, 5.74) is 11.3. The Kier molecular flexibility index (Phi) is 5.64. The lowest BCUT2D eigenvalue weighted by Crippen LogP contribution is -2.43. The van der Waals surface area contributed by atoms with E-state index in [0.717, 1.165) is 12.8 Å². The standard InChI is InChI=1S/C6H14N2.C2H6/c7-5-3-1-2-4-6(5)8;1-2/h5-6H,1-4,7-8H2;1-2H3. The van der Waals surface area contributed by atoms with Crippen LogP contribution >= 0.6 is 0 Å². The van der Waals surface area contributed by atoms with E-state index >= 15 is 0 Å². The highest BCUT2D eigenvalue weighted by Gasteiger charge is 2.16. The average Bonchev–Trinajstić information content (AvgIpc) is 2.00. The third-order valence-corrected chi connectivity index (χ3v) is 1.87. The molecule has 0 aromatic heterocycles. The zero-order valence-electron chi connectivity index (χ0n) is 7.14. The normalized spacial score (nSPS) is 32.4. The van der Waals surface area contributed by atoms with E-state index < -0.39 is 0 Å². The van der Waals surface area contributed by atoms with Crippen molar-refractivity contribution in [2.75, 3.05) is 0 Å². The maximum atomic E-state index is 5.65. The summed E-state index contributed by atoms with van der Waals surface area (Å²) >= 11 is 0. The molecular formula is C8H20N2. The molecule has 0 aromatic carbocycles. The first kappa shape index (κ1) is 9.92. The van der Waals surface area contributed by atoms with Crippen LogP contribution in [0.1, 0.15) is 39.5 Å². The van der Waals surface area contributed by atoms with Crippen molar-refractivity contribution in [3.63, 3.8) is 0 Å². The second-order valence-electron chi connectivity index (χ2n) is 2.61. The van der Waals surface area contributed by atoms with E-state index in [4.69, 9.17) is 11.5 Å². The summed E-state index contributed by atoms with van der Waals surface area (Å²) in [6, 6.07) is 0.562. The molecule has 1 saturated carbocycles. The molecule has 0 aliphatic heterocycles. The lowest BCUT2D eigenvalue weighted by Gasteiger charge is -2.24. The zero-order valence-corrected chi connectivity index (χ0v) is 7.14. The summed E-state index contributed by atoms with van der Waals surface area (Å²) < 4.78 is 0. The fraction of sp³-hybridized carbons (Fsp3) is 1.00. The minimum Gasteiger partial charge on any atom is -0.326 e. The van der Waals surface area contributed by atoms with Crippen LogP contribution in [0.2, 0.25) is 0 Å². The number of nitrogens with two attached hydrogens (primary N) is 2. The highest BCUT2D eigenvalue weighted by molar-refractivity contribution is 4.79. The monoisotopic (exact) mass is 144 g/mol. The molecule has 1 fully saturated rings. The number of rotatable bonds is 0. The van der Waals surface area contributed by atoms with E-state index in [-0.39, 0.29) is 12.1 Å². The quantitative estimate of drug-likeness (QED) is 0.537. The van der Waals surface area contributed by atoms with Gasteiger partial charge in [-0.3, -0.25) is 0 Å². The van der Waals surface area contributed by atoms with Gasteiger partial charge in [0.2, 0.25) is 0 Å². The highest BCUT2D eigenvalue weighted by atomic mass is 14.8. The van der Waals surface area contributed by atoms with Gasteiger partial charge in [-0.1, -0.05) is 26.7 Å². The van der Waals surface area contributed by atoms with Crippen molar-refractivity contribution in [1.29, 1.82) is 0 Å². The Bertz CT molecular complexity index is 63.7. The molecule has 4 N–H and O–H groups in total. The molecule has 0 aromatic rings. The summed E-state index contributed by atoms with van der Waals surface area (Å²) in [4.78, 5) is 0. The molecule has 0 radical (unpaired) electrons. The summed E-state index contributed by atoms with van der Waals surface area (Å²) in [7, 11) is 0. The molecule has 2 nitrogen and oxygen atoms in total. The second-order valence-corrected chi connectivity index (χ2v) is 2.61. The second kappa shape index (κ2) is 5.69. The molecule has 2 unspecified atom stereocenters. The van der Waals surface area contributed by atoms with Gasteiger partial charge in [0.15, 0.2) is 0 Å². The molecule has 10 heavy (non-hydrogen) atoms. The summed E-state index contributed by atoms with van der Waals surface area (Å²) in [6.07, 6.45) is 4.80. The Morgan fingerprint density at radius 1 is 0.900 bits per heavy atom. The molecule has 1 aliphatic carbocycles. The van der Waals surface area contributed by atoms with E-state index in [2.05, 4.69) is 0 Å². The fourth-order valence-corrected chi connectivity index (χ4v) is 1.19. The predicted octanol–water partition coefficient (Wildman–Crippen LogP) is 1.24. The van der Waals surface area contributed by atoms with Crippen molar-refractivity contribution < 1.29 is 0 Å². The largest absolute Gasteiger partial charge is 0.326 e. The molecule has 0 spiro atoms. The Morgan fingerprint density at radius 3 is 1.40 bits per heavy atom. The summed E-state index contributed by atoms with van der Waals surface area (Å²) in [5.74, 6) is 0. The van der Waals surface area contributed by atoms with Crippen molar-refractivity contribution in [3.05, 3.63) is 0 Å². The van der Waals surface area contributed by atoms with E-state index in [1.165, 1.54) is 12.8 Å². The van der Waals surface area contributed by atoms with Crippen LogP contribution in [0.25, 0.3) is 0 Å². The topological polar surface area (TPSA) is 52.0 Å². The van der Waals surface area contributed by atoms with Crippen LogP contribution in [0.4, 0.5) is 0 Å².